The van der Waals surface area contributed by atoms with Crippen LogP contribution in [-0.2, 0) is 13.0 Å². The van der Waals surface area contributed by atoms with Gasteiger partial charge in [0.2, 0.25) is 0 Å². The predicted octanol–water partition coefficient (Wildman–Crippen LogP) is 2.69. The molecule has 0 radical (unpaired) electrons. The number of guanidine groups is 1. The highest BCUT2D eigenvalue weighted by Gasteiger charge is 2.07. The van der Waals surface area contributed by atoms with Gasteiger partial charge >= 0.3 is 0 Å². The van der Waals surface area contributed by atoms with E-state index in [1.807, 2.05) is 43.3 Å². The Balaban J connectivity index is 0.00000392. The molecule has 0 atom stereocenters. The second-order valence-electron chi connectivity index (χ2n) is 6.17. The normalized spacial score (nSPS) is 10.7. The van der Waals surface area contributed by atoms with Crippen molar-refractivity contribution in [1.29, 1.82) is 0 Å². The minimum atomic E-state index is 0. The summed E-state index contributed by atoms with van der Waals surface area (Å²) < 4.78 is 10.6. The molecule has 0 aliphatic rings. The average Bonchev–Trinajstić information content (AvgIpc) is 2.70. The van der Waals surface area contributed by atoms with Crippen molar-refractivity contribution >= 4 is 35.8 Å². The molecule has 0 saturated carbocycles. The Morgan fingerprint density at radius 3 is 2.50 bits per heavy atom. The summed E-state index contributed by atoms with van der Waals surface area (Å²) in [6.45, 7) is 1.40. The van der Waals surface area contributed by atoms with Gasteiger partial charge in [-0.05, 0) is 30.2 Å². The molecule has 7 nitrogen and oxygen atoms in total. The molecule has 0 spiro atoms. The molecule has 0 fully saturated rings. The van der Waals surface area contributed by atoms with Crippen molar-refractivity contribution in [2.75, 3.05) is 46.8 Å². The lowest BCUT2D eigenvalue weighted by Gasteiger charge is -2.17. The highest BCUT2D eigenvalue weighted by Crippen LogP contribution is 2.27. The zero-order valence-corrected chi connectivity index (χ0v) is 19.5. The number of halogens is 1. The molecular formula is C20H30IN5O2. The lowest BCUT2D eigenvalue weighted by molar-refractivity contribution is 0.354. The molecular weight excluding hydrogens is 469 g/mol. The van der Waals surface area contributed by atoms with Gasteiger partial charge < -0.3 is 25.0 Å². The van der Waals surface area contributed by atoms with E-state index in [9.17, 15) is 0 Å². The van der Waals surface area contributed by atoms with Crippen LogP contribution >= 0.6 is 24.0 Å². The third kappa shape index (κ3) is 6.74. The molecule has 1 heterocycles. The molecule has 154 valence electrons. The van der Waals surface area contributed by atoms with Crippen LogP contribution in [0.4, 0.5) is 5.82 Å². The monoisotopic (exact) mass is 499 g/mol. The number of methoxy groups -OCH3 is 2. The molecule has 8 heteroatoms. The zero-order valence-electron chi connectivity index (χ0n) is 17.2. The quantitative estimate of drug-likeness (QED) is 0.331. The van der Waals surface area contributed by atoms with Crippen molar-refractivity contribution in [2.45, 2.75) is 13.0 Å². The SMILES string of the molecule is CN=C(NCCc1ccc(OC)c(OC)c1)NCc1cccnc1N(C)C.I. The molecule has 0 aliphatic carbocycles. The standard InChI is InChI=1S/C20H29N5O2.HI/c1-21-20(24-14-16-7-6-11-22-19(16)25(2)3)23-12-10-15-8-9-17(26-4)18(13-15)27-5;/h6-9,11,13H,10,12,14H2,1-5H3,(H2,21,23,24);1H. The van der Waals surface area contributed by atoms with Crippen molar-refractivity contribution in [1.82, 2.24) is 15.6 Å². The number of aromatic nitrogens is 1. The minimum absolute atomic E-state index is 0. The molecule has 0 bridgehead atoms. The van der Waals surface area contributed by atoms with Crippen LogP contribution < -0.4 is 25.0 Å². The van der Waals surface area contributed by atoms with E-state index in [1.165, 1.54) is 0 Å². The highest BCUT2D eigenvalue weighted by molar-refractivity contribution is 14.0. The summed E-state index contributed by atoms with van der Waals surface area (Å²) >= 11 is 0. The van der Waals surface area contributed by atoms with Crippen molar-refractivity contribution in [2.24, 2.45) is 4.99 Å². The number of hydrogen-bond acceptors (Lipinski definition) is 5. The van der Waals surface area contributed by atoms with E-state index in [1.54, 1.807) is 27.5 Å². The van der Waals surface area contributed by atoms with E-state index in [2.05, 4.69) is 26.7 Å². The summed E-state index contributed by atoms with van der Waals surface area (Å²) in [6, 6.07) is 9.96. The second-order valence-corrected chi connectivity index (χ2v) is 6.17. The maximum atomic E-state index is 5.35. The molecule has 2 aromatic rings. The van der Waals surface area contributed by atoms with Crippen LogP contribution in [0.5, 0.6) is 11.5 Å². The summed E-state index contributed by atoms with van der Waals surface area (Å²) in [7, 11) is 9.02. The first-order chi connectivity index (χ1) is 13.1. The Bertz CT molecular complexity index is 768. The van der Waals surface area contributed by atoms with Gasteiger partial charge in [-0.2, -0.15) is 0 Å². The van der Waals surface area contributed by atoms with Gasteiger partial charge in [-0.1, -0.05) is 12.1 Å². The summed E-state index contributed by atoms with van der Waals surface area (Å²) in [6.07, 6.45) is 2.64. The highest BCUT2D eigenvalue weighted by atomic mass is 127. The van der Waals surface area contributed by atoms with Crippen molar-refractivity contribution in [3.05, 3.63) is 47.7 Å². The Morgan fingerprint density at radius 2 is 1.86 bits per heavy atom. The van der Waals surface area contributed by atoms with Crippen LogP contribution in [0, 0.1) is 0 Å². The van der Waals surface area contributed by atoms with Gasteiger partial charge in [0.1, 0.15) is 5.82 Å². The first-order valence-corrected chi connectivity index (χ1v) is 8.85. The number of ether oxygens (including phenoxy) is 2. The van der Waals surface area contributed by atoms with Gasteiger partial charge in [0.05, 0.1) is 14.2 Å². The number of nitrogens with zero attached hydrogens (tertiary/aromatic N) is 3. The van der Waals surface area contributed by atoms with Crippen LogP contribution in [0.1, 0.15) is 11.1 Å². The Kier molecular flexibility index (Phi) is 10.4. The number of hydrogen-bond donors (Lipinski definition) is 2. The number of anilines is 1. The fourth-order valence-electron chi connectivity index (χ4n) is 2.73. The van der Waals surface area contributed by atoms with E-state index in [4.69, 9.17) is 9.47 Å². The number of benzene rings is 1. The molecule has 0 saturated heterocycles. The van der Waals surface area contributed by atoms with Gasteiger partial charge in [-0.3, -0.25) is 4.99 Å². The molecule has 2 N–H and O–H groups in total. The molecule has 0 unspecified atom stereocenters. The maximum absolute atomic E-state index is 5.35. The van der Waals surface area contributed by atoms with Crippen LogP contribution in [0.3, 0.4) is 0 Å². The molecule has 1 aromatic carbocycles. The maximum Gasteiger partial charge on any atom is 0.191 e. The lowest BCUT2D eigenvalue weighted by Crippen LogP contribution is -2.38. The number of nitrogens with one attached hydrogen (secondary N) is 2. The van der Waals surface area contributed by atoms with Crippen LogP contribution in [0.2, 0.25) is 0 Å². The third-order valence-electron chi connectivity index (χ3n) is 4.12. The Labute approximate surface area is 184 Å². The Morgan fingerprint density at radius 1 is 1.11 bits per heavy atom. The summed E-state index contributed by atoms with van der Waals surface area (Å²) in [5.41, 5.74) is 2.28. The van der Waals surface area contributed by atoms with Crippen molar-refractivity contribution < 1.29 is 9.47 Å². The van der Waals surface area contributed by atoms with E-state index in [0.29, 0.717) is 6.54 Å². The van der Waals surface area contributed by atoms with E-state index >= 15 is 0 Å². The van der Waals surface area contributed by atoms with Crippen LogP contribution in [-0.4, -0.2) is 52.9 Å². The summed E-state index contributed by atoms with van der Waals surface area (Å²) in [4.78, 5) is 10.7. The largest absolute Gasteiger partial charge is 0.493 e. The number of aliphatic imine (C=N–C) groups is 1. The lowest BCUT2D eigenvalue weighted by atomic mass is 10.1. The molecule has 0 amide bonds. The molecule has 0 aliphatic heterocycles. The van der Waals surface area contributed by atoms with Gasteiger partial charge in [-0.15, -0.1) is 24.0 Å². The minimum Gasteiger partial charge on any atom is -0.493 e. The van der Waals surface area contributed by atoms with Gasteiger partial charge in [0.25, 0.3) is 0 Å². The molecule has 28 heavy (non-hydrogen) atoms. The smallest absolute Gasteiger partial charge is 0.191 e. The van der Waals surface area contributed by atoms with Crippen LogP contribution in [0.25, 0.3) is 0 Å². The first-order valence-electron chi connectivity index (χ1n) is 8.85. The number of pyridine rings is 1. The topological polar surface area (TPSA) is 71.0 Å². The second kappa shape index (κ2) is 12.3. The van der Waals surface area contributed by atoms with Crippen molar-refractivity contribution in [3.63, 3.8) is 0 Å². The fourth-order valence-corrected chi connectivity index (χ4v) is 2.73. The molecule has 2 rings (SSSR count). The van der Waals surface area contributed by atoms with Gasteiger partial charge in [-0.25, -0.2) is 4.98 Å². The average molecular weight is 499 g/mol. The van der Waals surface area contributed by atoms with Crippen molar-refractivity contribution in [3.8, 4) is 11.5 Å². The number of rotatable bonds is 8. The summed E-state index contributed by atoms with van der Waals surface area (Å²) in [5.74, 6) is 3.18. The zero-order chi connectivity index (χ0) is 19.6. The predicted molar refractivity (Wildman–Crippen MR) is 125 cm³/mol. The summed E-state index contributed by atoms with van der Waals surface area (Å²) in [5, 5.41) is 6.67. The van der Waals surface area contributed by atoms with Crippen LogP contribution in [0.15, 0.2) is 41.5 Å². The van der Waals surface area contributed by atoms with Gasteiger partial charge in [0.15, 0.2) is 17.5 Å². The fraction of sp³-hybridized carbons (Fsp3) is 0.400. The third-order valence-corrected chi connectivity index (χ3v) is 4.12. The van der Waals surface area contributed by atoms with Gasteiger partial charge in [0, 0.05) is 46.0 Å². The molecule has 1 aromatic heterocycles. The van der Waals surface area contributed by atoms with E-state index in [-0.39, 0.29) is 24.0 Å². The van der Waals surface area contributed by atoms with E-state index in [0.717, 1.165) is 47.4 Å². The van der Waals surface area contributed by atoms with E-state index < -0.39 is 0 Å². The first kappa shape index (κ1) is 23.8. The Hall–Kier alpha value is -2.23.